The highest BCUT2D eigenvalue weighted by atomic mass is 32.2. The SMILES string of the molecule is CC(C)C(C)SCCOc1ccc(C(=O)O)cc1. The van der Waals surface area contributed by atoms with Crippen LogP contribution in [-0.4, -0.2) is 28.7 Å². The van der Waals surface area contributed by atoms with Gasteiger partial charge in [-0.15, -0.1) is 0 Å². The minimum atomic E-state index is -0.914. The van der Waals surface area contributed by atoms with Crippen LogP contribution in [0.2, 0.25) is 0 Å². The van der Waals surface area contributed by atoms with Crippen LogP contribution in [0.4, 0.5) is 0 Å². The van der Waals surface area contributed by atoms with E-state index in [0.717, 1.165) is 11.5 Å². The lowest BCUT2D eigenvalue weighted by molar-refractivity contribution is 0.0697. The van der Waals surface area contributed by atoms with Gasteiger partial charge < -0.3 is 9.84 Å². The van der Waals surface area contributed by atoms with E-state index < -0.39 is 5.97 Å². The maximum atomic E-state index is 10.7. The van der Waals surface area contributed by atoms with Crippen LogP contribution in [0.15, 0.2) is 24.3 Å². The Balaban J connectivity index is 2.29. The molecule has 1 aromatic rings. The van der Waals surface area contributed by atoms with Crippen LogP contribution in [0.3, 0.4) is 0 Å². The second kappa shape index (κ2) is 7.31. The van der Waals surface area contributed by atoms with Crippen molar-refractivity contribution in [3.63, 3.8) is 0 Å². The molecule has 0 saturated carbocycles. The largest absolute Gasteiger partial charge is 0.493 e. The Kier molecular flexibility index (Phi) is 6.05. The minimum Gasteiger partial charge on any atom is -0.493 e. The van der Waals surface area contributed by atoms with E-state index in [0.29, 0.717) is 17.8 Å². The van der Waals surface area contributed by atoms with Gasteiger partial charge >= 0.3 is 5.97 Å². The van der Waals surface area contributed by atoms with E-state index >= 15 is 0 Å². The summed E-state index contributed by atoms with van der Waals surface area (Å²) in [6.45, 7) is 7.29. The molecule has 0 heterocycles. The predicted octanol–water partition coefficient (Wildman–Crippen LogP) is 3.54. The molecule has 1 unspecified atom stereocenters. The molecule has 1 rings (SSSR count). The molecule has 0 aliphatic carbocycles. The van der Waals surface area contributed by atoms with Crippen molar-refractivity contribution in [2.24, 2.45) is 5.92 Å². The summed E-state index contributed by atoms with van der Waals surface area (Å²) in [6.07, 6.45) is 0. The molecular weight excluding hydrogens is 248 g/mol. The van der Waals surface area contributed by atoms with E-state index in [1.54, 1.807) is 24.3 Å². The average Bonchev–Trinajstić information content (AvgIpc) is 2.34. The summed E-state index contributed by atoms with van der Waals surface area (Å²) in [7, 11) is 0. The lowest BCUT2D eigenvalue weighted by Gasteiger charge is -2.15. The van der Waals surface area contributed by atoms with E-state index in [1.165, 1.54) is 0 Å². The van der Waals surface area contributed by atoms with Crippen molar-refractivity contribution in [2.75, 3.05) is 12.4 Å². The molecule has 0 spiro atoms. The van der Waals surface area contributed by atoms with Crippen LogP contribution in [0, 0.1) is 5.92 Å². The van der Waals surface area contributed by atoms with Crippen LogP contribution >= 0.6 is 11.8 Å². The van der Waals surface area contributed by atoms with Crippen LogP contribution in [0.25, 0.3) is 0 Å². The van der Waals surface area contributed by atoms with E-state index in [2.05, 4.69) is 20.8 Å². The summed E-state index contributed by atoms with van der Waals surface area (Å²) in [5.74, 6) is 1.42. The molecule has 0 radical (unpaired) electrons. The first-order valence-corrected chi connectivity index (χ1v) is 7.13. The zero-order valence-electron chi connectivity index (χ0n) is 11.1. The Morgan fingerprint density at radius 2 is 1.89 bits per heavy atom. The molecule has 0 amide bonds. The molecule has 1 atom stereocenters. The second-order valence-electron chi connectivity index (χ2n) is 4.50. The van der Waals surface area contributed by atoms with E-state index in [4.69, 9.17) is 9.84 Å². The molecule has 1 aromatic carbocycles. The van der Waals surface area contributed by atoms with Gasteiger partial charge in [0, 0.05) is 11.0 Å². The van der Waals surface area contributed by atoms with Gasteiger partial charge in [-0.25, -0.2) is 4.79 Å². The fraction of sp³-hybridized carbons (Fsp3) is 0.500. The zero-order valence-corrected chi connectivity index (χ0v) is 11.9. The number of ether oxygens (including phenoxy) is 1. The Hall–Kier alpha value is -1.16. The van der Waals surface area contributed by atoms with Crippen LogP contribution in [0.1, 0.15) is 31.1 Å². The van der Waals surface area contributed by atoms with E-state index in [1.807, 2.05) is 11.8 Å². The van der Waals surface area contributed by atoms with E-state index in [9.17, 15) is 4.79 Å². The second-order valence-corrected chi connectivity index (χ2v) is 5.98. The first kappa shape index (κ1) is 14.9. The number of carboxylic acids is 1. The molecular formula is C14H20O3S. The number of carboxylic acid groups (broad SMARTS) is 1. The van der Waals surface area contributed by atoms with Gasteiger partial charge in [0.2, 0.25) is 0 Å². The Labute approximate surface area is 113 Å². The Morgan fingerprint density at radius 3 is 2.39 bits per heavy atom. The van der Waals surface area contributed by atoms with Gasteiger partial charge in [-0.2, -0.15) is 11.8 Å². The molecule has 0 aliphatic rings. The van der Waals surface area contributed by atoms with Crippen molar-refractivity contribution in [1.82, 2.24) is 0 Å². The lowest BCUT2D eigenvalue weighted by atomic mass is 10.2. The summed E-state index contributed by atoms with van der Waals surface area (Å²) < 4.78 is 5.56. The topological polar surface area (TPSA) is 46.5 Å². The fourth-order valence-corrected chi connectivity index (χ4v) is 2.22. The molecule has 3 nitrogen and oxygen atoms in total. The van der Waals surface area contributed by atoms with E-state index in [-0.39, 0.29) is 5.56 Å². The molecule has 18 heavy (non-hydrogen) atoms. The Morgan fingerprint density at radius 1 is 1.28 bits per heavy atom. The smallest absolute Gasteiger partial charge is 0.335 e. The molecule has 100 valence electrons. The Bertz CT molecular complexity index is 373. The highest BCUT2D eigenvalue weighted by Gasteiger charge is 2.07. The molecule has 0 saturated heterocycles. The van der Waals surface area contributed by atoms with Crippen molar-refractivity contribution < 1.29 is 14.6 Å². The summed E-state index contributed by atoms with van der Waals surface area (Å²) >= 11 is 1.89. The summed E-state index contributed by atoms with van der Waals surface area (Å²) in [5, 5.41) is 9.39. The quantitative estimate of drug-likeness (QED) is 0.768. The van der Waals surface area contributed by atoms with Crippen molar-refractivity contribution in [3.8, 4) is 5.75 Å². The third-order valence-corrected chi connectivity index (χ3v) is 4.25. The molecule has 0 aliphatic heterocycles. The summed E-state index contributed by atoms with van der Waals surface area (Å²) in [6, 6.07) is 6.50. The third-order valence-electron chi connectivity index (χ3n) is 2.77. The van der Waals surface area contributed by atoms with Crippen LogP contribution in [-0.2, 0) is 0 Å². The molecule has 0 fully saturated rings. The minimum absolute atomic E-state index is 0.283. The lowest BCUT2D eigenvalue weighted by Crippen LogP contribution is -2.09. The van der Waals surface area contributed by atoms with Crippen LogP contribution in [0.5, 0.6) is 5.75 Å². The van der Waals surface area contributed by atoms with Crippen molar-refractivity contribution in [1.29, 1.82) is 0 Å². The van der Waals surface area contributed by atoms with Crippen molar-refractivity contribution in [3.05, 3.63) is 29.8 Å². The summed E-state index contributed by atoms with van der Waals surface area (Å²) in [4.78, 5) is 10.7. The monoisotopic (exact) mass is 268 g/mol. The molecule has 0 aromatic heterocycles. The predicted molar refractivity (Wildman–Crippen MR) is 75.7 cm³/mol. The zero-order chi connectivity index (χ0) is 13.5. The van der Waals surface area contributed by atoms with Gasteiger partial charge in [0.25, 0.3) is 0 Å². The van der Waals surface area contributed by atoms with Crippen molar-refractivity contribution in [2.45, 2.75) is 26.0 Å². The number of hydrogen-bond acceptors (Lipinski definition) is 3. The molecule has 4 heteroatoms. The van der Waals surface area contributed by atoms with Gasteiger partial charge in [-0.3, -0.25) is 0 Å². The van der Waals surface area contributed by atoms with Crippen molar-refractivity contribution >= 4 is 17.7 Å². The van der Waals surface area contributed by atoms with Gasteiger partial charge in [0.05, 0.1) is 12.2 Å². The highest BCUT2D eigenvalue weighted by Crippen LogP contribution is 2.19. The van der Waals surface area contributed by atoms with Crippen LogP contribution < -0.4 is 4.74 Å². The normalized spacial score (nSPS) is 12.4. The molecule has 0 bridgehead atoms. The molecule has 1 N–H and O–H groups in total. The first-order chi connectivity index (χ1) is 8.50. The van der Waals surface area contributed by atoms with Gasteiger partial charge in [0.15, 0.2) is 0 Å². The van der Waals surface area contributed by atoms with Gasteiger partial charge in [0.1, 0.15) is 5.75 Å². The third kappa shape index (κ3) is 5.00. The fourth-order valence-electron chi connectivity index (χ4n) is 1.28. The summed E-state index contributed by atoms with van der Waals surface area (Å²) in [5.41, 5.74) is 0.283. The number of aromatic carboxylic acids is 1. The number of thioether (sulfide) groups is 1. The maximum Gasteiger partial charge on any atom is 0.335 e. The van der Waals surface area contributed by atoms with Gasteiger partial charge in [-0.05, 0) is 30.2 Å². The number of benzene rings is 1. The standard InChI is InChI=1S/C14H20O3S/c1-10(2)11(3)18-9-8-17-13-6-4-12(5-7-13)14(15)16/h4-7,10-11H,8-9H2,1-3H3,(H,15,16). The number of carbonyl (C=O) groups is 1. The van der Waals surface area contributed by atoms with Gasteiger partial charge in [-0.1, -0.05) is 20.8 Å². The highest BCUT2D eigenvalue weighted by molar-refractivity contribution is 7.99. The average molecular weight is 268 g/mol. The first-order valence-electron chi connectivity index (χ1n) is 6.08. The number of hydrogen-bond donors (Lipinski definition) is 1. The maximum absolute atomic E-state index is 10.7. The number of rotatable bonds is 7.